The second-order valence-electron chi connectivity index (χ2n) is 3.18. The van der Waals surface area contributed by atoms with Crippen molar-refractivity contribution in [1.29, 1.82) is 0 Å². The summed E-state index contributed by atoms with van der Waals surface area (Å²) in [6.07, 6.45) is 1.33. The molecule has 84 valence electrons. The molecule has 8 heteroatoms. The van der Waals surface area contributed by atoms with Crippen molar-refractivity contribution in [2.24, 2.45) is 0 Å². The SMILES string of the molecule is Cc1nnc(CNc2ncc(N)c(O)n2)[nH]1. The van der Waals surface area contributed by atoms with Gasteiger partial charge < -0.3 is 21.1 Å². The maximum Gasteiger partial charge on any atom is 0.239 e. The normalized spacial score (nSPS) is 10.3. The number of aromatic amines is 1. The number of hydrogen-bond donors (Lipinski definition) is 4. The molecule has 0 amide bonds. The van der Waals surface area contributed by atoms with Gasteiger partial charge in [0.05, 0.1) is 12.7 Å². The van der Waals surface area contributed by atoms with Crippen LogP contribution in [0, 0.1) is 6.92 Å². The van der Waals surface area contributed by atoms with E-state index >= 15 is 0 Å². The maximum atomic E-state index is 9.25. The molecule has 0 aliphatic heterocycles. The number of nitrogen functional groups attached to an aromatic ring is 1. The molecule has 2 aromatic rings. The minimum Gasteiger partial charge on any atom is -0.492 e. The number of anilines is 2. The summed E-state index contributed by atoms with van der Waals surface area (Å²) in [5.41, 5.74) is 5.51. The molecule has 0 bridgehead atoms. The molecular formula is C8H11N7O. The number of aromatic nitrogens is 5. The van der Waals surface area contributed by atoms with Gasteiger partial charge in [0.1, 0.15) is 17.3 Å². The zero-order valence-electron chi connectivity index (χ0n) is 8.60. The minimum atomic E-state index is -0.244. The van der Waals surface area contributed by atoms with Gasteiger partial charge in [-0.15, -0.1) is 10.2 Å². The van der Waals surface area contributed by atoms with Crippen LogP contribution in [0.25, 0.3) is 0 Å². The standard InChI is InChI=1S/C8H11N7O/c1-4-12-6(15-14-4)3-11-8-10-2-5(9)7(16)13-8/h2H,3,9H2,1H3,(H,12,14,15)(H2,10,11,13,16). The number of H-pyrrole nitrogens is 1. The maximum absolute atomic E-state index is 9.25. The molecule has 0 aromatic carbocycles. The fraction of sp³-hybridized carbons (Fsp3) is 0.250. The quantitative estimate of drug-likeness (QED) is 0.565. The summed E-state index contributed by atoms with van der Waals surface area (Å²) in [5.74, 6) is 1.43. The average Bonchev–Trinajstić information content (AvgIpc) is 2.66. The third-order valence-electron chi connectivity index (χ3n) is 1.86. The Morgan fingerprint density at radius 1 is 1.50 bits per heavy atom. The van der Waals surface area contributed by atoms with E-state index in [1.54, 1.807) is 0 Å². The monoisotopic (exact) mass is 221 g/mol. The van der Waals surface area contributed by atoms with Crippen molar-refractivity contribution in [3.05, 3.63) is 17.8 Å². The molecule has 16 heavy (non-hydrogen) atoms. The van der Waals surface area contributed by atoms with E-state index in [1.807, 2.05) is 6.92 Å². The van der Waals surface area contributed by atoms with E-state index in [2.05, 4.69) is 30.5 Å². The molecule has 2 aromatic heterocycles. The van der Waals surface area contributed by atoms with Crippen LogP contribution in [0.5, 0.6) is 5.88 Å². The summed E-state index contributed by atoms with van der Waals surface area (Å²) < 4.78 is 0. The second-order valence-corrected chi connectivity index (χ2v) is 3.18. The van der Waals surface area contributed by atoms with E-state index in [1.165, 1.54) is 6.20 Å². The molecular weight excluding hydrogens is 210 g/mol. The second kappa shape index (κ2) is 4.01. The predicted molar refractivity (Wildman–Crippen MR) is 56.6 cm³/mol. The van der Waals surface area contributed by atoms with E-state index in [0.717, 1.165) is 5.82 Å². The fourth-order valence-electron chi connectivity index (χ4n) is 1.10. The Bertz CT molecular complexity index is 495. The smallest absolute Gasteiger partial charge is 0.239 e. The first kappa shape index (κ1) is 10.1. The van der Waals surface area contributed by atoms with E-state index in [4.69, 9.17) is 5.73 Å². The first-order valence-corrected chi connectivity index (χ1v) is 4.58. The van der Waals surface area contributed by atoms with Crippen LogP contribution in [0.2, 0.25) is 0 Å². The highest BCUT2D eigenvalue weighted by Gasteiger charge is 2.03. The molecule has 8 nitrogen and oxygen atoms in total. The van der Waals surface area contributed by atoms with Gasteiger partial charge >= 0.3 is 0 Å². The van der Waals surface area contributed by atoms with Gasteiger partial charge in [-0.3, -0.25) is 0 Å². The van der Waals surface area contributed by atoms with Crippen LogP contribution >= 0.6 is 0 Å². The zero-order valence-corrected chi connectivity index (χ0v) is 8.60. The molecule has 2 heterocycles. The van der Waals surface area contributed by atoms with Crippen molar-refractivity contribution in [2.45, 2.75) is 13.5 Å². The fourth-order valence-corrected chi connectivity index (χ4v) is 1.10. The number of rotatable bonds is 3. The first-order chi connectivity index (χ1) is 7.65. The Labute approximate surface area is 91.0 Å². The largest absolute Gasteiger partial charge is 0.492 e. The van der Waals surface area contributed by atoms with E-state index in [-0.39, 0.29) is 17.5 Å². The van der Waals surface area contributed by atoms with Gasteiger partial charge in [0.25, 0.3) is 0 Å². The van der Waals surface area contributed by atoms with Crippen LogP contribution in [0.1, 0.15) is 11.6 Å². The van der Waals surface area contributed by atoms with Crippen molar-refractivity contribution in [3.63, 3.8) is 0 Å². The lowest BCUT2D eigenvalue weighted by atomic mass is 10.5. The lowest BCUT2D eigenvalue weighted by Gasteiger charge is -2.03. The molecule has 0 unspecified atom stereocenters. The number of nitrogens with zero attached hydrogens (tertiary/aromatic N) is 4. The Morgan fingerprint density at radius 3 is 2.94 bits per heavy atom. The van der Waals surface area contributed by atoms with E-state index < -0.39 is 0 Å². The molecule has 5 N–H and O–H groups in total. The third-order valence-corrected chi connectivity index (χ3v) is 1.86. The number of nitrogens with one attached hydrogen (secondary N) is 2. The van der Waals surface area contributed by atoms with Gasteiger partial charge in [-0.1, -0.05) is 0 Å². The average molecular weight is 221 g/mol. The number of aryl methyl sites for hydroxylation is 1. The summed E-state index contributed by atoms with van der Waals surface area (Å²) in [6, 6.07) is 0. The van der Waals surface area contributed by atoms with Crippen molar-refractivity contribution >= 4 is 11.6 Å². The van der Waals surface area contributed by atoms with E-state index in [0.29, 0.717) is 12.4 Å². The van der Waals surface area contributed by atoms with Crippen molar-refractivity contribution < 1.29 is 5.11 Å². The number of aromatic hydroxyl groups is 1. The molecule has 0 aliphatic carbocycles. The highest BCUT2D eigenvalue weighted by molar-refractivity contribution is 5.47. The zero-order chi connectivity index (χ0) is 11.5. The van der Waals surface area contributed by atoms with E-state index in [9.17, 15) is 5.11 Å². The molecule has 0 spiro atoms. The predicted octanol–water partition coefficient (Wildman–Crippen LogP) is -0.197. The highest BCUT2D eigenvalue weighted by Crippen LogP contribution is 2.15. The summed E-state index contributed by atoms with van der Waals surface area (Å²) in [7, 11) is 0. The van der Waals surface area contributed by atoms with Gasteiger partial charge in [0.2, 0.25) is 11.8 Å². The van der Waals surface area contributed by atoms with Crippen molar-refractivity contribution in [1.82, 2.24) is 25.1 Å². The molecule has 0 saturated heterocycles. The first-order valence-electron chi connectivity index (χ1n) is 4.58. The van der Waals surface area contributed by atoms with Gasteiger partial charge in [0.15, 0.2) is 0 Å². The summed E-state index contributed by atoms with van der Waals surface area (Å²) in [4.78, 5) is 10.6. The van der Waals surface area contributed by atoms with Crippen LogP contribution in [0.4, 0.5) is 11.6 Å². The lowest BCUT2D eigenvalue weighted by molar-refractivity contribution is 0.456. The Balaban J connectivity index is 2.02. The molecule has 0 atom stereocenters. The minimum absolute atomic E-state index is 0.140. The summed E-state index contributed by atoms with van der Waals surface area (Å²) in [6.45, 7) is 2.20. The Morgan fingerprint density at radius 2 is 2.31 bits per heavy atom. The molecule has 0 fully saturated rings. The number of hydrogen-bond acceptors (Lipinski definition) is 7. The van der Waals surface area contributed by atoms with Gasteiger partial charge in [-0.05, 0) is 6.92 Å². The third kappa shape index (κ3) is 2.16. The van der Waals surface area contributed by atoms with Gasteiger partial charge in [0, 0.05) is 0 Å². The number of nitrogens with two attached hydrogens (primary N) is 1. The van der Waals surface area contributed by atoms with Crippen LogP contribution in [0.3, 0.4) is 0 Å². The summed E-state index contributed by atoms with van der Waals surface area (Å²) in [5, 5.41) is 19.8. The van der Waals surface area contributed by atoms with Crippen LogP contribution < -0.4 is 11.1 Å². The topological polar surface area (TPSA) is 126 Å². The lowest BCUT2D eigenvalue weighted by Crippen LogP contribution is -2.05. The Kier molecular flexibility index (Phi) is 2.54. The van der Waals surface area contributed by atoms with Crippen LogP contribution in [-0.4, -0.2) is 30.3 Å². The molecule has 2 rings (SSSR count). The van der Waals surface area contributed by atoms with Gasteiger partial charge in [-0.2, -0.15) is 4.98 Å². The summed E-state index contributed by atoms with van der Waals surface area (Å²) >= 11 is 0. The molecule has 0 aliphatic rings. The van der Waals surface area contributed by atoms with Crippen molar-refractivity contribution in [2.75, 3.05) is 11.1 Å². The van der Waals surface area contributed by atoms with Crippen molar-refractivity contribution in [3.8, 4) is 5.88 Å². The Hall–Kier alpha value is -2.38. The van der Waals surface area contributed by atoms with Crippen LogP contribution in [-0.2, 0) is 6.54 Å². The van der Waals surface area contributed by atoms with Gasteiger partial charge in [-0.25, -0.2) is 4.98 Å². The highest BCUT2D eigenvalue weighted by atomic mass is 16.3. The van der Waals surface area contributed by atoms with Crippen LogP contribution in [0.15, 0.2) is 6.20 Å². The molecule has 0 saturated carbocycles. The molecule has 0 radical (unpaired) electrons.